The highest BCUT2D eigenvalue weighted by atomic mass is 16.2. The maximum Gasteiger partial charge on any atom is 0.244 e. The van der Waals surface area contributed by atoms with E-state index >= 15 is 0 Å². The number of nitrogens with zero attached hydrogens (tertiary/aromatic N) is 1. The summed E-state index contributed by atoms with van der Waals surface area (Å²) in [5, 5.41) is 7.42. The molecule has 1 aliphatic rings. The number of aromatic nitrogens is 1. The Balaban J connectivity index is 1.91. The molecule has 20 heavy (non-hydrogen) atoms. The van der Waals surface area contributed by atoms with Crippen LogP contribution in [0.25, 0.3) is 10.9 Å². The van der Waals surface area contributed by atoms with Crippen LogP contribution in [-0.2, 0) is 4.79 Å². The topological polar surface area (TPSA) is 54.0 Å². The number of anilines is 1. The average molecular weight is 269 g/mol. The van der Waals surface area contributed by atoms with Gasteiger partial charge in [-0.05, 0) is 50.1 Å². The maximum absolute atomic E-state index is 12.6. The van der Waals surface area contributed by atoms with E-state index in [1.54, 1.807) is 6.20 Å². The standard InChI is InChI=1S/C16H19N3O/c1-2-16(9-5-11-18-16)15(20)19-14-8-3-7-13-12(14)6-4-10-17-13/h3-4,6-8,10,18H,2,5,9,11H2,1H3,(H,19,20). The number of carbonyl (C=O) groups excluding carboxylic acids is 1. The first kappa shape index (κ1) is 13.1. The van der Waals surface area contributed by atoms with Crippen molar-refractivity contribution < 1.29 is 4.79 Å². The Morgan fingerprint density at radius 1 is 1.40 bits per heavy atom. The second kappa shape index (κ2) is 5.21. The third-order valence-electron chi connectivity index (χ3n) is 4.18. The Morgan fingerprint density at radius 2 is 2.30 bits per heavy atom. The average Bonchev–Trinajstić information content (AvgIpc) is 2.98. The molecule has 2 aromatic rings. The minimum Gasteiger partial charge on any atom is -0.324 e. The molecular formula is C16H19N3O. The smallest absolute Gasteiger partial charge is 0.244 e. The van der Waals surface area contributed by atoms with Crippen LogP contribution in [0, 0.1) is 0 Å². The zero-order valence-corrected chi connectivity index (χ0v) is 11.6. The summed E-state index contributed by atoms with van der Waals surface area (Å²) in [6, 6.07) is 9.68. The van der Waals surface area contributed by atoms with Crippen LogP contribution in [0.3, 0.4) is 0 Å². The van der Waals surface area contributed by atoms with Gasteiger partial charge in [-0.25, -0.2) is 0 Å². The first-order valence-electron chi connectivity index (χ1n) is 7.15. The van der Waals surface area contributed by atoms with E-state index in [0.717, 1.165) is 42.4 Å². The van der Waals surface area contributed by atoms with E-state index in [-0.39, 0.29) is 5.91 Å². The first-order valence-corrected chi connectivity index (χ1v) is 7.15. The van der Waals surface area contributed by atoms with Gasteiger partial charge in [0, 0.05) is 11.6 Å². The minimum atomic E-state index is -0.412. The van der Waals surface area contributed by atoms with Gasteiger partial charge >= 0.3 is 0 Å². The molecule has 1 saturated heterocycles. The van der Waals surface area contributed by atoms with E-state index in [9.17, 15) is 4.79 Å². The van der Waals surface area contributed by atoms with E-state index < -0.39 is 5.54 Å². The van der Waals surface area contributed by atoms with Crippen LogP contribution in [0.5, 0.6) is 0 Å². The molecular weight excluding hydrogens is 250 g/mol. The molecule has 4 heteroatoms. The molecule has 1 aromatic carbocycles. The van der Waals surface area contributed by atoms with Crippen molar-refractivity contribution >= 4 is 22.5 Å². The molecule has 3 rings (SSSR count). The fourth-order valence-corrected chi connectivity index (χ4v) is 2.92. The Kier molecular flexibility index (Phi) is 3.40. The van der Waals surface area contributed by atoms with Crippen molar-refractivity contribution in [1.82, 2.24) is 10.3 Å². The number of pyridine rings is 1. The van der Waals surface area contributed by atoms with Gasteiger partial charge in [-0.3, -0.25) is 9.78 Å². The number of rotatable bonds is 3. The molecule has 2 heterocycles. The molecule has 1 unspecified atom stereocenters. The monoisotopic (exact) mass is 269 g/mol. The lowest BCUT2D eigenvalue weighted by Gasteiger charge is -2.27. The van der Waals surface area contributed by atoms with Crippen molar-refractivity contribution in [2.45, 2.75) is 31.7 Å². The number of fused-ring (bicyclic) bond motifs is 1. The number of benzene rings is 1. The third-order valence-corrected chi connectivity index (χ3v) is 4.18. The highest BCUT2D eigenvalue weighted by Crippen LogP contribution is 2.27. The highest BCUT2D eigenvalue weighted by molar-refractivity contribution is 6.04. The van der Waals surface area contributed by atoms with E-state index in [1.807, 2.05) is 30.3 Å². The summed E-state index contributed by atoms with van der Waals surface area (Å²) in [4.78, 5) is 16.9. The highest BCUT2D eigenvalue weighted by Gasteiger charge is 2.39. The van der Waals surface area contributed by atoms with E-state index in [2.05, 4.69) is 22.5 Å². The summed E-state index contributed by atoms with van der Waals surface area (Å²) in [6.45, 7) is 2.97. The molecule has 4 nitrogen and oxygen atoms in total. The van der Waals surface area contributed by atoms with E-state index in [0.29, 0.717) is 0 Å². The molecule has 1 fully saturated rings. The quantitative estimate of drug-likeness (QED) is 0.900. The summed E-state index contributed by atoms with van der Waals surface area (Å²) < 4.78 is 0. The molecule has 1 atom stereocenters. The lowest BCUT2D eigenvalue weighted by Crippen LogP contribution is -2.50. The second-order valence-corrected chi connectivity index (χ2v) is 5.30. The molecule has 1 aromatic heterocycles. The van der Waals surface area contributed by atoms with Gasteiger partial charge in [0.1, 0.15) is 0 Å². The number of hydrogen-bond acceptors (Lipinski definition) is 3. The van der Waals surface area contributed by atoms with Gasteiger partial charge in [0.05, 0.1) is 16.7 Å². The van der Waals surface area contributed by atoms with Crippen LogP contribution in [0.2, 0.25) is 0 Å². The van der Waals surface area contributed by atoms with Crippen molar-refractivity contribution in [3.05, 3.63) is 36.5 Å². The van der Waals surface area contributed by atoms with Gasteiger partial charge in [0.15, 0.2) is 0 Å². The first-order chi connectivity index (χ1) is 9.75. The summed E-state index contributed by atoms with van der Waals surface area (Å²) in [7, 11) is 0. The van der Waals surface area contributed by atoms with Gasteiger partial charge in [-0.15, -0.1) is 0 Å². The maximum atomic E-state index is 12.6. The zero-order chi connectivity index (χ0) is 14.0. The Labute approximate surface area is 118 Å². The largest absolute Gasteiger partial charge is 0.324 e. The predicted octanol–water partition coefficient (Wildman–Crippen LogP) is 2.71. The summed E-state index contributed by atoms with van der Waals surface area (Å²) in [5.74, 6) is 0.0638. The molecule has 1 aliphatic heterocycles. The number of carbonyl (C=O) groups is 1. The number of amides is 1. The zero-order valence-electron chi connectivity index (χ0n) is 11.6. The molecule has 0 bridgehead atoms. The van der Waals surface area contributed by atoms with Gasteiger partial charge in [0.2, 0.25) is 5.91 Å². The van der Waals surface area contributed by atoms with Crippen LogP contribution in [0.4, 0.5) is 5.69 Å². The minimum absolute atomic E-state index is 0.0638. The normalized spacial score (nSPS) is 22.1. The van der Waals surface area contributed by atoms with Gasteiger partial charge in [-0.1, -0.05) is 13.0 Å². The molecule has 0 saturated carbocycles. The fourth-order valence-electron chi connectivity index (χ4n) is 2.92. The molecule has 104 valence electrons. The fraction of sp³-hybridized carbons (Fsp3) is 0.375. The van der Waals surface area contributed by atoms with Crippen LogP contribution < -0.4 is 10.6 Å². The van der Waals surface area contributed by atoms with Gasteiger partial charge < -0.3 is 10.6 Å². The van der Waals surface area contributed by atoms with Crippen molar-refractivity contribution in [2.75, 3.05) is 11.9 Å². The van der Waals surface area contributed by atoms with Gasteiger partial charge in [0.25, 0.3) is 0 Å². The molecule has 0 spiro atoms. The lowest BCUT2D eigenvalue weighted by molar-refractivity contribution is -0.122. The Morgan fingerprint density at radius 3 is 3.05 bits per heavy atom. The van der Waals surface area contributed by atoms with Crippen molar-refractivity contribution in [3.8, 4) is 0 Å². The van der Waals surface area contributed by atoms with Crippen LogP contribution in [-0.4, -0.2) is 23.0 Å². The Bertz CT molecular complexity index is 627. The molecule has 1 amide bonds. The molecule has 0 radical (unpaired) electrons. The summed E-state index contributed by atoms with van der Waals surface area (Å²) in [5.41, 5.74) is 1.32. The van der Waals surface area contributed by atoms with E-state index in [1.165, 1.54) is 0 Å². The second-order valence-electron chi connectivity index (χ2n) is 5.30. The van der Waals surface area contributed by atoms with Crippen molar-refractivity contribution in [1.29, 1.82) is 0 Å². The van der Waals surface area contributed by atoms with Crippen LogP contribution in [0.15, 0.2) is 36.5 Å². The van der Waals surface area contributed by atoms with Crippen LogP contribution >= 0.6 is 0 Å². The lowest BCUT2D eigenvalue weighted by atomic mass is 9.93. The summed E-state index contributed by atoms with van der Waals surface area (Å²) in [6.07, 6.45) is 4.53. The number of nitrogens with one attached hydrogen (secondary N) is 2. The van der Waals surface area contributed by atoms with Crippen LogP contribution in [0.1, 0.15) is 26.2 Å². The predicted molar refractivity (Wildman–Crippen MR) is 80.6 cm³/mol. The molecule has 2 N–H and O–H groups in total. The van der Waals surface area contributed by atoms with Crippen molar-refractivity contribution in [3.63, 3.8) is 0 Å². The number of hydrogen-bond donors (Lipinski definition) is 2. The van der Waals surface area contributed by atoms with E-state index in [4.69, 9.17) is 0 Å². The molecule has 0 aliphatic carbocycles. The summed E-state index contributed by atoms with van der Waals surface area (Å²) >= 11 is 0. The third kappa shape index (κ3) is 2.16. The van der Waals surface area contributed by atoms with Gasteiger partial charge in [-0.2, -0.15) is 0 Å². The Hall–Kier alpha value is -1.94. The SMILES string of the molecule is CCC1(C(=O)Nc2cccc3ncccc23)CCCN1. The van der Waals surface area contributed by atoms with Crippen molar-refractivity contribution in [2.24, 2.45) is 0 Å².